The summed E-state index contributed by atoms with van der Waals surface area (Å²) in [5.41, 5.74) is 0.400. The smallest absolute Gasteiger partial charge is 0.317 e. The Morgan fingerprint density at radius 3 is 2.74 bits per heavy atom. The quantitative estimate of drug-likeness (QED) is 0.773. The Hall–Kier alpha value is -1.66. The lowest BCUT2D eigenvalue weighted by molar-refractivity contribution is -0.138. The molecule has 0 spiro atoms. The van der Waals surface area contributed by atoms with E-state index in [0.717, 1.165) is 0 Å². The van der Waals surface area contributed by atoms with Gasteiger partial charge in [0.15, 0.2) is 11.6 Å². The molecule has 6 heteroatoms. The van der Waals surface area contributed by atoms with E-state index in [-0.39, 0.29) is 18.8 Å². The number of carboxylic acids is 1. The molecular weight excluding hydrogens is 253 g/mol. The number of hydrogen-bond acceptors (Lipinski definition) is 4. The molecule has 0 heterocycles. The Labute approximate surface area is 111 Å². The maximum absolute atomic E-state index is 14.0. The van der Waals surface area contributed by atoms with Gasteiger partial charge in [0.2, 0.25) is 0 Å². The van der Waals surface area contributed by atoms with Crippen LogP contribution >= 0.6 is 0 Å². The summed E-state index contributed by atoms with van der Waals surface area (Å²) in [6, 6.07) is 4.81. The first kappa shape index (κ1) is 15.4. The number of nitrogens with zero attached hydrogens (tertiary/aromatic N) is 1. The van der Waals surface area contributed by atoms with E-state index in [1.807, 2.05) is 0 Å². The summed E-state index contributed by atoms with van der Waals surface area (Å²) in [6.45, 7) is 0.830. The number of carboxylic acid groups (broad SMARTS) is 1. The fourth-order valence-electron chi connectivity index (χ4n) is 1.70. The van der Waals surface area contributed by atoms with Crippen LogP contribution in [0, 0.1) is 5.82 Å². The van der Waals surface area contributed by atoms with Crippen LogP contribution in [-0.4, -0.2) is 49.9 Å². The summed E-state index contributed by atoms with van der Waals surface area (Å²) < 4.78 is 23.8. The average Bonchev–Trinajstić information content (AvgIpc) is 2.37. The molecule has 1 rings (SSSR count). The number of aliphatic carboxylic acids is 1. The maximum Gasteiger partial charge on any atom is 0.317 e. The summed E-state index contributed by atoms with van der Waals surface area (Å²) in [6.07, 6.45) is 0. The van der Waals surface area contributed by atoms with Crippen molar-refractivity contribution >= 4 is 5.97 Å². The first-order chi connectivity index (χ1) is 9.08. The fourth-order valence-corrected chi connectivity index (χ4v) is 1.70. The highest BCUT2D eigenvalue weighted by atomic mass is 19.1. The Morgan fingerprint density at radius 1 is 1.42 bits per heavy atom. The standard InChI is InChI=1S/C13H18FNO4/c1-18-7-6-15(9-12(16)17)8-10-4-3-5-11(19-2)13(10)14/h3-5H,6-9H2,1-2H3,(H,16,17). The zero-order valence-corrected chi connectivity index (χ0v) is 11.1. The van der Waals surface area contributed by atoms with Crippen molar-refractivity contribution < 1.29 is 23.8 Å². The third-order valence-corrected chi connectivity index (χ3v) is 2.63. The molecule has 0 aliphatic heterocycles. The minimum Gasteiger partial charge on any atom is -0.494 e. The van der Waals surface area contributed by atoms with Crippen LogP contribution < -0.4 is 4.74 Å². The summed E-state index contributed by atoms with van der Waals surface area (Å²) >= 11 is 0. The van der Waals surface area contributed by atoms with Gasteiger partial charge < -0.3 is 14.6 Å². The summed E-state index contributed by atoms with van der Waals surface area (Å²) in [5, 5.41) is 8.83. The molecule has 19 heavy (non-hydrogen) atoms. The molecule has 0 bridgehead atoms. The lowest BCUT2D eigenvalue weighted by atomic mass is 10.2. The highest BCUT2D eigenvalue weighted by molar-refractivity contribution is 5.69. The van der Waals surface area contributed by atoms with Crippen LogP contribution in [0.15, 0.2) is 18.2 Å². The van der Waals surface area contributed by atoms with E-state index in [9.17, 15) is 9.18 Å². The van der Waals surface area contributed by atoms with Crippen molar-refractivity contribution in [3.05, 3.63) is 29.6 Å². The maximum atomic E-state index is 14.0. The minimum atomic E-state index is -0.959. The van der Waals surface area contributed by atoms with Crippen molar-refractivity contribution in [2.24, 2.45) is 0 Å². The lowest BCUT2D eigenvalue weighted by Gasteiger charge is -2.20. The van der Waals surface area contributed by atoms with Gasteiger partial charge in [-0.3, -0.25) is 9.69 Å². The molecule has 0 amide bonds. The predicted molar refractivity (Wildman–Crippen MR) is 67.7 cm³/mol. The second kappa shape index (κ2) is 7.70. The zero-order valence-electron chi connectivity index (χ0n) is 11.1. The van der Waals surface area contributed by atoms with Crippen LogP contribution in [0.2, 0.25) is 0 Å². The van der Waals surface area contributed by atoms with E-state index in [4.69, 9.17) is 14.6 Å². The minimum absolute atomic E-state index is 0.152. The Bertz CT molecular complexity index is 425. The van der Waals surface area contributed by atoms with Gasteiger partial charge in [0.05, 0.1) is 20.3 Å². The van der Waals surface area contributed by atoms with Gasteiger partial charge in [0.1, 0.15) is 0 Å². The number of rotatable bonds is 8. The third kappa shape index (κ3) is 4.84. The van der Waals surface area contributed by atoms with Crippen LogP contribution in [-0.2, 0) is 16.1 Å². The van der Waals surface area contributed by atoms with Crippen molar-refractivity contribution in [1.82, 2.24) is 4.90 Å². The zero-order chi connectivity index (χ0) is 14.3. The molecule has 0 unspecified atom stereocenters. The molecule has 0 fully saturated rings. The van der Waals surface area contributed by atoms with Crippen LogP contribution in [0.25, 0.3) is 0 Å². The fraction of sp³-hybridized carbons (Fsp3) is 0.462. The summed E-state index contributed by atoms with van der Waals surface area (Å²) in [5.74, 6) is -1.27. The number of halogens is 1. The normalized spacial score (nSPS) is 10.7. The molecular formula is C13H18FNO4. The second-order valence-corrected chi connectivity index (χ2v) is 4.03. The highest BCUT2D eigenvalue weighted by Gasteiger charge is 2.14. The monoisotopic (exact) mass is 271 g/mol. The largest absolute Gasteiger partial charge is 0.494 e. The van der Waals surface area contributed by atoms with E-state index in [2.05, 4.69) is 0 Å². The molecule has 1 N–H and O–H groups in total. The number of carbonyl (C=O) groups is 1. The lowest BCUT2D eigenvalue weighted by Crippen LogP contribution is -2.32. The number of methoxy groups -OCH3 is 2. The van der Waals surface area contributed by atoms with Gasteiger partial charge in [-0.25, -0.2) is 4.39 Å². The van der Waals surface area contributed by atoms with Gasteiger partial charge in [-0.1, -0.05) is 12.1 Å². The molecule has 0 aromatic heterocycles. The molecule has 0 saturated heterocycles. The molecule has 0 radical (unpaired) electrons. The first-order valence-corrected chi connectivity index (χ1v) is 5.83. The second-order valence-electron chi connectivity index (χ2n) is 4.03. The van der Waals surface area contributed by atoms with Crippen LogP contribution in [0.3, 0.4) is 0 Å². The molecule has 106 valence electrons. The van der Waals surface area contributed by atoms with E-state index < -0.39 is 11.8 Å². The van der Waals surface area contributed by atoms with Gasteiger partial charge >= 0.3 is 5.97 Å². The van der Waals surface area contributed by atoms with Gasteiger partial charge in [-0.15, -0.1) is 0 Å². The molecule has 0 saturated carbocycles. The van der Waals surface area contributed by atoms with E-state index in [1.165, 1.54) is 20.3 Å². The van der Waals surface area contributed by atoms with Gasteiger partial charge in [-0.2, -0.15) is 0 Å². The first-order valence-electron chi connectivity index (χ1n) is 5.83. The number of benzene rings is 1. The van der Waals surface area contributed by atoms with Crippen molar-refractivity contribution in [2.45, 2.75) is 6.54 Å². The third-order valence-electron chi connectivity index (χ3n) is 2.63. The average molecular weight is 271 g/mol. The topological polar surface area (TPSA) is 59.0 Å². The van der Waals surface area contributed by atoms with E-state index in [1.54, 1.807) is 17.0 Å². The summed E-state index contributed by atoms with van der Waals surface area (Å²) in [4.78, 5) is 12.4. The highest BCUT2D eigenvalue weighted by Crippen LogP contribution is 2.21. The molecule has 5 nitrogen and oxygen atoms in total. The number of ether oxygens (including phenoxy) is 2. The van der Waals surface area contributed by atoms with Crippen molar-refractivity contribution in [1.29, 1.82) is 0 Å². The molecule has 0 aliphatic carbocycles. The molecule has 0 aliphatic rings. The molecule has 0 atom stereocenters. The Kier molecular flexibility index (Phi) is 6.24. The van der Waals surface area contributed by atoms with Crippen molar-refractivity contribution in [3.8, 4) is 5.75 Å². The predicted octanol–water partition coefficient (Wildman–Crippen LogP) is 1.37. The SMILES string of the molecule is COCCN(CC(=O)O)Cc1cccc(OC)c1F. The van der Waals surface area contributed by atoms with Crippen LogP contribution in [0.1, 0.15) is 5.56 Å². The van der Waals surface area contributed by atoms with Crippen LogP contribution in [0.4, 0.5) is 4.39 Å². The molecule has 1 aromatic carbocycles. The van der Waals surface area contributed by atoms with Gasteiger partial charge in [0, 0.05) is 25.8 Å². The molecule has 1 aromatic rings. The Morgan fingerprint density at radius 2 is 2.16 bits per heavy atom. The van der Waals surface area contributed by atoms with Crippen LogP contribution in [0.5, 0.6) is 5.75 Å². The van der Waals surface area contributed by atoms with Gasteiger partial charge in [-0.05, 0) is 6.07 Å². The Balaban J connectivity index is 2.80. The van der Waals surface area contributed by atoms with Crippen molar-refractivity contribution in [3.63, 3.8) is 0 Å². The van der Waals surface area contributed by atoms with Gasteiger partial charge in [0.25, 0.3) is 0 Å². The van der Waals surface area contributed by atoms with Crippen molar-refractivity contribution in [2.75, 3.05) is 33.9 Å². The van der Waals surface area contributed by atoms with E-state index >= 15 is 0 Å². The number of hydrogen-bond donors (Lipinski definition) is 1. The van der Waals surface area contributed by atoms with E-state index in [0.29, 0.717) is 18.7 Å². The summed E-state index contributed by atoms with van der Waals surface area (Å²) in [7, 11) is 2.92.